The van der Waals surface area contributed by atoms with Crippen molar-refractivity contribution in [1.82, 2.24) is 9.78 Å². The lowest BCUT2D eigenvalue weighted by molar-refractivity contribution is 0.103. The Morgan fingerprint density at radius 3 is 2.63 bits per heavy atom. The minimum Gasteiger partial charge on any atom is -0.330 e. The fourth-order valence-electron chi connectivity index (χ4n) is 1.99. The van der Waals surface area contributed by atoms with Crippen LogP contribution in [0.4, 0.5) is 0 Å². The number of ketones is 1. The third kappa shape index (κ3) is 3.29. The standard InChI is InChI=1S/C15H19N3O/c1-2-9-18-11-14(10-17-18)15(19)13-5-3-12(4-6-13)7-8-16/h3-6,10-11H,2,7-9,16H2,1H3. The average Bonchev–Trinajstić information content (AvgIpc) is 2.88. The molecule has 4 heteroatoms. The fraction of sp³-hybridized carbons (Fsp3) is 0.333. The molecule has 0 bridgehead atoms. The van der Waals surface area contributed by atoms with Gasteiger partial charge in [-0.05, 0) is 24.9 Å². The van der Waals surface area contributed by atoms with Crippen LogP contribution in [-0.2, 0) is 13.0 Å². The molecule has 0 fully saturated rings. The topological polar surface area (TPSA) is 60.9 Å². The molecule has 2 rings (SSSR count). The molecule has 0 aliphatic rings. The van der Waals surface area contributed by atoms with Crippen LogP contribution >= 0.6 is 0 Å². The summed E-state index contributed by atoms with van der Waals surface area (Å²) >= 11 is 0. The molecule has 0 radical (unpaired) electrons. The van der Waals surface area contributed by atoms with Crippen LogP contribution in [0.2, 0.25) is 0 Å². The summed E-state index contributed by atoms with van der Waals surface area (Å²) in [5.41, 5.74) is 7.99. The van der Waals surface area contributed by atoms with Gasteiger partial charge in [-0.3, -0.25) is 9.48 Å². The minimum absolute atomic E-state index is 0.0154. The Hall–Kier alpha value is -1.94. The molecule has 100 valence electrons. The summed E-state index contributed by atoms with van der Waals surface area (Å²) in [6, 6.07) is 7.61. The lowest BCUT2D eigenvalue weighted by Gasteiger charge is -2.01. The number of hydrogen-bond donors (Lipinski definition) is 1. The van der Waals surface area contributed by atoms with E-state index in [2.05, 4.69) is 12.0 Å². The summed E-state index contributed by atoms with van der Waals surface area (Å²) in [6.07, 6.45) is 5.28. The zero-order valence-electron chi connectivity index (χ0n) is 11.2. The van der Waals surface area contributed by atoms with Gasteiger partial charge in [0, 0.05) is 18.3 Å². The van der Waals surface area contributed by atoms with Gasteiger partial charge in [0.05, 0.1) is 11.8 Å². The molecule has 2 N–H and O–H groups in total. The number of nitrogens with zero attached hydrogens (tertiary/aromatic N) is 2. The van der Waals surface area contributed by atoms with Gasteiger partial charge in [0.15, 0.2) is 5.78 Å². The smallest absolute Gasteiger partial charge is 0.196 e. The largest absolute Gasteiger partial charge is 0.330 e. The molecule has 1 aromatic carbocycles. The maximum atomic E-state index is 12.3. The fourth-order valence-corrected chi connectivity index (χ4v) is 1.99. The highest BCUT2D eigenvalue weighted by atomic mass is 16.1. The van der Waals surface area contributed by atoms with Crippen LogP contribution in [0.1, 0.15) is 34.8 Å². The van der Waals surface area contributed by atoms with Gasteiger partial charge in [-0.1, -0.05) is 31.2 Å². The van der Waals surface area contributed by atoms with E-state index in [0.29, 0.717) is 17.7 Å². The molecule has 1 heterocycles. The molecule has 2 aromatic rings. The number of carbonyl (C=O) groups is 1. The first-order valence-corrected chi connectivity index (χ1v) is 6.60. The molecule has 1 aromatic heterocycles. The van der Waals surface area contributed by atoms with Crippen LogP contribution in [0.5, 0.6) is 0 Å². The van der Waals surface area contributed by atoms with Crippen molar-refractivity contribution in [3.63, 3.8) is 0 Å². The van der Waals surface area contributed by atoms with Crippen LogP contribution in [0.25, 0.3) is 0 Å². The second-order valence-electron chi connectivity index (χ2n) is 4.56. The first-order valence-electron chi connectivity index (χ1n) is 6.60. The van der Waals surface area contributed by atoms with E-state index in [9.17, 15) is 4.79 Å². The summed E-state index contributed by atoms with van der Waals surface area (Å²) in [5.74, 6) is 0.0154. The van der Waals surface area contributed by atoms with Gasteiger partial charge in [-0.15, -0.1) is 0 Å². The highest BCUT2D eigenvalue weighted by molar-refractivity contribution is 6.08. The molecule has 0 aliphatic heterocycles. The Morgan fingerprint density at radius 1 is 1.26 bits per heavy atom. The van der Waals surface area contributed by atoms with Gasteiger partial charge in [0.1, 0.15) is 0 Å². The van der Waals surface area contributed by atoms with Crippen molar-refractivity contribution >= 4 is 5.78 Å². The lowest BCUT2D eigenvalue weighted by atomic mass is 10.0. The summed E-state index contributed by atoms with van der Waals surface area (Å²) in [5, 5.41) is 4.18. The quantitative estimate of drug-likeness (QED) is 0.805. The summed E-state index contributed by atoms with van der Waals surface area (Å²) in [6.45, 7) is 3.54. The van der Waals surface area contributed by atoms with Crippen molar-refractivity contribution in [2.75, 3.05) is 6.54 Å². The summed E-state index contributed by atoms with van der Waals surface area (Å²) in [7, 11) is 0. The maximum Gasteiger partial charge on any atom is 0.196 e. The highest BCUT2D eigenvalue weighted by Crippen LogP contribution is 2.11. The predicted octanol–water partition coefficient (Wildman–Crippen LogP) is 2.03. The molecule has 0 saturated heterocycles. The first kappa shape index (κ1) is 13.5. The van der Waals surface area contributed by atoms with Crippen molar-refractivity contribution in [3.8, 4) is 0 Å². The molecule has 0 spiro atoms. The number of nitrogens with two attached hydrogens (primary N) is 1. The van der Waals surface area contributed by atoms with Crippen LogP contribution in [0.15, 0.2) is 36.7 Å². The van der Waals surface area contributed by atoms with Gasteiger partial charge in [-0.25, -0.2) is 0 Å². The second-order valence-corrected chi connectivity index (χ2v) is 4.56. The Balaban J connectivity index is 2.13. The van der Waals surface area contributed by atoms with Crippen molar-refractivity contribution in [3.05, 3.63) is 53.3 Å². The summed E-state index contributed by atoms with van der Waals surface area (Å²) < 4.78 is 1.80. The van der Waals surface area contributed by atoms with E-state index in [1.165, 1.54) is 0 Å². The Morgan fingerprint density at radius 2 is 2.00 bits per heavy atom. The SMILES string of the molecule is CCCn1cc(C(=O)c2ccc(CCN)cc2)cn1. The molecule has 19 heavy (non-hydrogen) atoms. The molecule has 0 aliphatic carbocycles. The predicted molar refractivity (Wildman–Crippen MR) is 75.2 cm³/mol. The zero-order valence-corrected chi connectivity index (χ0v) is 11.2. The molecule has 0 unspecified atom stereocenters. The minimum atomic E-state index is 0.0154. The monoisotopic (exact) mass is 257 g/mol. The highest BCUT2D eigenvalue weighted by Gasteiger charge is 2.11. The average molecular weight is 257 g/mol. The van der Waals surface area contributed by atoms with E-state index in [0.717, 1.165) is 24.9 Å². The van der Waals surface area contributed by atoms with Gasteiger partial charge < -0.3 is 5.73 Å². The Labute approximate surface area is 113 Å². The number of aryl methyl sites for hydroxylation is 1. The normalized spacial score (nSPS) is 10.6. The molecule has 4 nitrogen and oxygen atoms in total. The van der Waals surface area contributed by atoms with Crippen molar-refractivity contribution in [1.29, 1.82) is 0 Å². The van der Waals surface area contributed by atoms with Crippen LogP contribution < -0.4 is 5.73 Å². The van der Waals surface area contributed by atoms with Gasteiger partial charge in [0.2, 0.25) is 0 Å². The third-order valence-electron chi connectivity index (χ3n) is 3.00. The van der Waals surface area contributed by atoms with E-state index in [-0.39, 0.29) is 5.78 Å². The Kier molecular flexibility index (Phi) is 4.47. The third-order valence-corrected chi connectivity index (χ3v) is 3.00. The molecular weight excluding hydrogens is 238 g/mol. The van der Waals surface area contributed by atoms with Gasteiger partial charge in [0.25, 0.3) is 0 Å². The number of carbonyl (C=O) groups excluding carboxylic acids is 1. The summed E-state index contributed by atoms with van der Waals surface area (Å²) in [4.78, 5) is 12.3. The van der Waals surface area contributed by atoms with Gasteiger partial charge >= 0.3 is 0 Å². The number of hydrogen-bond acceptors (Lipinski definition) is 3. The van der Waals surface area contributed by atoms with Crippen molar-refractivity contribution in [2.45, 2.75) is 26.3 Å². The number of rotatable bonds is 6. The zero-order chi connectivity index (χ0) is 13.7. The molecule has 0 amide bonds. The number of aromatic nitrogens is 2. The van der Waals surface area contributed by atoms with E-state index in [1.807, 2.05) is 24.3 Å². The van der Waals surface area contributed by atoms with Gasteiger partial charge in [-0.2, -0.15) is 5.10 Å². The van der Waals surface area contributed by atoms with E-state index in [1.54, 1.807) is 17.1 Å². The van der Waals surface area contributed by atoms with E-state index < -0.39 is 0 Å². The maximum absolute atomic E-state index is 12.3. The van der Waals surface area contributed by atoms with E-state index >= 15 is 0 Å². The molecular formula is C15H19N3O. The first-order chi connectivity index (χ1) is 9.24. The van der Waals surface area contributed by atoms with Crippen molar-refractivity contribution in [2.24, 2.45) is 5.73 Å². The molecule has 0 atom stereocenters. The van der Waals surface area contributed by atoms with Crippen LogP contribution in [0.3, 0.4) is 0 Å². The van der Waals surface area contributed by atoms with Crippen molar-refractivity contribution < 1.29 is 4.79 Å². The lowest BCUT2D eigenvalue weighted by Crippen LogP contribution is -2.04. The Bertz CT molecular complexity index is 543. The van der Waals surface area contributed by atoms with E-state index in [4.69, 9.17) is 5.73 Å². The number of benzene rings is 1. The molecule has 0 saturated carbocycles. The van der Waals surface area contributed by atoms with Crippen LogP contribution in [0, 0.1) is 0 Å². The second kappa shape index (κ2) is 6.29. The van der Waals surface area contributed by atoms with Crippen LogP contribution in [-0.4, -0.2) is 22.1 Å².